The third-order valence-corrected chi connectivity index (χ3v) is 2.75. The molecule has 0 aromatic heterocycles. The number of nitrogens with one attached hydrogen (secondary N) is 2. The minimum atomic E-state index is -0.0713. The number of nitrogens with zero attached hydrogens (tertiary/aromatic N) is 1. The van der Waals surface area contributed by atoms with Crippen LogP contribution in [-0.4, -0.2) is 12.2 Å². The largest absolute Gasteiger partial charge is 0.346 e. The number of benzene rings is 2. The number of amides is 1. The van der Waals surface area contributed by atoms with Crippen LogP contribution < -0.4 is 10.6 Å². The van der Waals surface area contributed by atoms with E-state index >= 15 is 0 Å². The van der Waals surface area contributed by atoms with Gasteiger partial charge >= 0.3 is 0 Å². The molecule has 4 heteroatoms. The number of carbonyl (C=O) groups is 1. The molecule has 0 unspecified atom stereocenters. The Hall–Kier alpha value is -2.36. The summed E-state index contributed by atoms with van der Waals surface area (Å²) in [5.41, 5.74) is 2.75. The van der Waals surface area contributed by atoms with Crippen LogP contribution in [-0.2, 0) is 4.79 Å². The summed E-state index contributed by atoms with van der Waals surface area (Å²) in [6.45, 7) is 1.51. The first-order chi connectivity index (χ1) is 8.25. The van der Waals surface area contributed by atoms with E-state index in [0.717, 1.165) is 27.8 Å². The fourth-order valence-corrected chi connectivity index (χ4v) is 2.09. The molecule has 0 aliphatic carbocycles. The highest BCUT2D eigenvalue weighted by Crippen LogP contribution is 2.38. The maximum atomic E-state index is 11.2. The van der Waals surface area contributed by atoms with Gasteiger partial charge in [0.25, 0.3) is 0 Å². The van der Waals surface area contributed by atoms with E-state index < -0.39 is 0 Å². The van der Waals surface area contributed by atoms with Crippen LogP contribution in [0.5, 0.6) is 0 Å². The molecule has 0 atom stereocenters. The van der Waals surface area contributed by atoms with Gasteiger partial charge in [0.15, 0.2) is 0 Å². The Morgan fingerprint density at radius 1 is 1.29 bits per heavy atom. The predicted octanol–water partition coefficient (Wildman–Crippen LogP) is 2.88. The number of hydrogen-bond donors (Lipinski definition) is 2. The molecule has 4 nitrogen and oxygen atoms in total. The number of rotatable bonds is 1. The van der Waals surface area contributed by atoms with E-state index in [9.17, 15) is 4.79 Å². The van der Waals surface area contributed by atoms with Crippen molar-refractivity contribution in [2.75, 3.05) is 10.6 Å². The minimum absolute atomic E-state index is 0.0713. The molecule has 0 saturated heterocycles. The van der Waals surface area contributed by atoms with Crippen LogP contribution in [0.1, 0.15) is 6.92 Å². The second-order valence-electron chi connectivity index (χ2n) is 3.94. The van der Waals surface area contributed by atoms with Gasteiger partial charge in [-0.15, -0.1) is 0 Å². The molecule has 84 valence electrons. The average molecular weight is 225 g/mol. The van der Waals surface area contributed by atoms with Crippen molar-refractivity contribution < 1.29 is 4.79 Å². The van der Waals surface area contributed by atoms with Gasteiger partial charge in [0.2, 0.25) is 5.91 Å². The van der Waals surface area contributed by atoms with E-state index in [1.54, 1.807) is 6.34 Å². The number of hydrogen-bond acceptors (Lipinski definition) is 3. The first-order valence-electron chi connectivity index (χ1n) is 5.38. The van der Waals surface area contributed by atoms with Crippen LogP contribution in [0.2, 0.25) is 0 Å². The normalized spacial score (nSPS) is 12.3. The second kappa shape index (κ2) is 3.59. The zero-order chi connectivity index (χ0) is 11.8. The van der Waals surface area contributed by atoms with Crippen molar-refractivity contribution in [2.24, 2.45) is 4.99 Å². The molecule has 1 aliphatic rings. The molecular weight excluding hydrogens is 214 g/mol. The quantitative estimate of drug-likeness (QED) is 0.784. The summed E-state index contributed by atoms with van der Waals surface area (Å²) in [6, 6.07) is 9.73. The lowest BCUT2D eigenvalue weighted by molar-refractivity contribution is -0.114. The van der Waals surface area contributed by atoms with Gasteiger partial charge in [0.05, 0.1) is 12.0 Å². The van der Waals surface area contributed by atoms with Gasteiger partial charge in [-0.05, 0) is 18.2 Å². The van der Waals surface area contributed by atoms with Crippen LogP contribution in [0.4, 0.5) is 17.1 Å². The topological polar surface area (TPSA) is 53.5 Å². The first-order valence-corrected chi connectivity index (χ1v) is 5.38. The molecule has 0 fully saturated rings. The smallest absolute Gasteiger partial charge is 0.221 e. The number of carbonyl (C=O) groups excluding carboxylic acids is 1. The molecule has 1 heterocycles. The van der Waals surface area contributed by atoms with Gasteiger partial charge in [-0.1, -0.05) is 12.1 Å². The van der Waals surface area contributed by atoms with Crippen molar-refractivity contribution in [3.63, 3.8) is 0 Å². The molecule has 2 aromatic carbocycles. The van der Waals surface area contributed by atoms with Gasteiger partial charge in [-0.25, -0.2) is 4.99 Å². The highest BCUT2D eigenvalue weighted by molar-refractivity contribution is 6.14. The van der Waals surface area contributed by atoms with Crippen molar-refractivity contribution >= 4 is 40.1 Å². The molecule has 0 bridgehead atoms. The third-order valence-electron chi connectivity index (χ3n) is 2.75. The lowest BCUT2D eigenvalue weighted by Crippen LogP contribution is -2.07. The molecule has 1 amide bonds. The lowest BCUT2D eigenvalue weighted by atomic mass is 10.0. The standard InChI is InChI=1S/C13H11N3O/c1-8(17)16-10-5-6-12-13-9(10)3-2-4-11(13)14-7-15-12/h2-7H,1H3,(H,14,15)(H,16,17). The lowest BCUT2D eigenvalue weighted by Gasteiger charge is -2.15. The van der Waals surface area contributed by atoms with Crippen molar-refractivity contribution in [3.05, 3.63) is 30.3 Å². The Bertz CT molecular complexity index is 646. The fourth-order valence-electron chi connectivity index (χ4n) is 2.09. The minimum Gasteiger partial charge on any atom is -0.346 e. The SMILES string of the molecule is CC(=O)Nc1ccc2c3c(cccc13)NC=N2. The van der Waals surface area contributed by atoms with Crippen molar-refractivity contribution in [1.82, 2.24) is 0 Å². The molecular formula is C13H11N3O. The number of anilines is 2. The Morgan fingerprint density at radius 2 is 2.18 bits per heavy atom. The first kappa shape index (κ1) is 9.84. The Kier molecular flexibility index (Phi) is 2.08. The highest BCUT2D eigenvalue weighted by Gasteiger charge is 2.12. The van der Waals surface area contributed by atoms with Crippen molar-refractivity contribution in [3.8, 4) is 0 Å². The van der Waals surface area contributed by atoms with E-state index in [0.29, 0.717) is 0 Å². The summed E-state index contributed by atoms with van der Waals surface area (Å²) in [7, 11) is 0. The zero-order valence-corrected chi connectivity index (χ0v) is 9.32. The monoisotopic (exact) mass is 225 g/mol. The van der Waals surface area contributed by atoms with Crippen LogP contribution in [0.25, 0.3) is 10.8 Å². The molecule has 2 aromatic rings. The van der Waals surface area contributed by atoms with Gasteiger partial charge in [-0.2, -0.15) is 0 Å². The maximum absolute atomic E-state index is 11.2. The highest BCUT2D eigenvalue weighted by atomic mass is 16.1. The molecule has 0 saturated carbocycles. The van der Waals surface area contributed by atoms with E-state index in [1.807, 2.05) is 30.3 Å². The summed E-state index contributed by atoms with van der Waals surface area (Å²) in [5, 5.41) is 7.98. The molecule has 17 heavy (non-hydrogen) atoms. The third kappa shape index (κ3) is 1.54. The second-order valence-corrected chi connectivity index (χ2v) is 3.94. The Balaban J connectivity index is 2.32. The average Bonchev–Trinajstić information content (AvgIpc) is 2.33. The molecule has 2 N–H and O–H groups in total. The van der Waals surface area contributed by atoms with Crippen molar-refractivity contribution in [1.29, 1.82) is 0 Å². The Labute approximate surface area is 98.4 Å². The van der Waals surface area contributed by atoms with Crippen LogP contribution in [0, 0.1) is 0 Å². The summed E-state index contributed by atoms with van der Waals surface area (Å²) in [6.07, 6.45) is 1.68. The molecule has 0 radical (unpaired) electrons. The number of aliphatic imine (C=N–C) groups is 1. The van der Waals surface area contributed by atoms with E-state index in [1.165, 1.54) is 6.92 Å². The van der Waals surface area contributed by atoms with Gasteiger partial charge in [0, 0.05) is 29.1 Å². The van der Waals surface area contributed by atoms with Gasteiger partial charge in [0.1, 0.15) is 0 Å². The molecule has 3 rings (SSSR count). The summed E-state index contributed by atoms with van der Waals surface area (Å²) in [5.74, 6) is -0.0713. The van der Waals surface area contributed by atoms with E-state index in [-0.39, 0.29) is 5.91 Å². The molecule has 0 spiro atoms. The van der Waals surface area contributed by atoms with Gasteiger partial charge in [-0.3, -0.25) is 4.79 Å². The van der Waals surface area contributed by atoms with E-state index in [2.05, 4.69) is 15.6 Å². The fraction of sp³-hybridized carbons (Fsp3) is 0.0769. The Morgan fingerprint density at radius 3 is 3.00 bits per heavy atom. The van der Waals surface area contributed by atoms with Gasteiger partial charge < -0.3 is 10.6 Å². The van der Waals surface area contributed by atoms with E-state index in [4.69, 9.17) is 0 Å². The zero-order valence-electron chi connectivity index (χ0n) is 9.32. The summed E-state index contributed by atoms with van der Waals surface area (Å²) < 4.78 is 0. The summed E-state index contributed by atoms with van der Waals surface area (Å²) in [4.78, 5) is 15.4. The van der Waals surface area contributed by atoms with Crippen LogP contribution in [0.3, 0.4) is 0 Å². The van der Waals surface area contributed by atoms with Crippen LogP contribution in [0.15, 0.2) is 35.3 Å². The maximum Gasteiger partial charge on any atom is 0.221 e. The predicted molar refractivity (Wildman–Crippen MR) is 70.0 cm³/mol. The van der Waals surface area contributed by atoms with Crippen molar-refractivity contribution in [2.45, 2.75) is 6.92 Å². The van der Waals surface area contributed by atoms with Crippen LogP contribution >= 0.6 is 0 Å². The summed E-state index contributed by atoms with van der Waals surface area (Å²) >= 11 is 0. The molecule has 1 aliphatic heterocycles.